The first-order valence-electron chi connectivity index (χ1n) is 17.6. The van der Waals surface area contributed by atoms with Gasteiger partial charge in [0.25, 0.3) is 0 Å². The molecule has 0 bridgehead atoms. The summed E-state index contributed by atoms with van der Waals surface area (Å²) in [5.41, 5.74) is 7.94. The van der Waals surface area contributed by atoms with Crippen LogP contribution in [-0.2, 0) is 0 Å². The predicted octanol–water partition coefficient (Wildman–Crippen LogP) is 11.5. The smallest absolute Gasteiger partial charge is 0.170 e. The van der Waals surface area contributed by atoms with Gasteiger partial charge in [-0.05, 0) is 45.8 Å². The molecule has 10 aromatic rings. The first kappa shape index (κ1) is 28.8. The highest BCUT2D eigenvalue weighted by atomic mass is 16.3. The highest BCUT2D eigenvalue weighted by Crippen LogP contribution is 2.44. The van der Waals surface area contributed by atoms with E-state index in [9.17, 15) is 0 Å². The third-order valence-electron chi connectivity index (χ3n) is 10.4. The molecule has 0 radical (unpaired) electrons. The van der Waals surface area contributed by atoms with Crippen molar-refractivity contribution in [3.8, 4) is 5.69 Å². The van der Waals surface area contributed by atoms with Crippen molar-refractivity contribution in [1.29, 1.82) is 0 Å². The van der Waals surface area contributed by atoms with Crippen LogP contribution in [0.3, 0.4) is 0 Å². The lowest BCUT2D eigenvalue weighted by Crippen LogP contribution is -2.36. The van der Waals surface area contributed by atoms with Gasteiger partial charge in [0.05, 0.1) is 16.7 Å². The molecule has 11 rings (SSSR count). The minimum atomic E-state index is -0.481. The normalized spacial score (nSPS) is 13.7. The fraction of sp³-hybridized carbons (Fsp3) is 0.0213. The SMILES string of the molecule is c1ccc(C2=NC(c3cccc4oc5c(-n6c7ccc8ccccc8c7c7c8ccccc8ccc76)cccc5c34)N=C(c3ccccc3)N2)cc1. The van der Waals surface area contributed by atoms with Crippen LogP contribution in [0, 0.1) is 0 Å². The summed E-state index contributed by atoms with van der Waals surface area (Å²) in [6.07, 6.45) is -0.481. The van der Waals surface area contributed by atoms with Gasteiger partial charge in [0.2, 0.25) is 0 Å². The molecule has 0 aliphatic carbocycles. The van der Waals surface area contributed by atoms with Crippen LogP contribution in [0.4, 0.5) is 0 Å². The molecule has 0 unspecified atom stereocenters. The Morgan fingerprint density at radius 2 is 1.00 bits per heavy atom. The maximum Gasteiger partial charge on any atom is 0.170 e. The number of aliphatic imine (C=N–C) groups is 2. The van der Waals surface area contributed by atoms with Crippen molar-refractivity contribution in [3.05, 3.63) is 187 Å². The molecule has 5 nitrogen and oxygen atoms in total. The number of hydrogen-bond donors (Lipinski definition) is 1. The third-order valence-corrected chi connectivity index (χ3v) is 10.4. The van der Waals surface area contributed by atoms with Crippen LogP contribution >= 0.6 is 0 Å². The van der Waals surface area contributed by atoms with Gasteiger partial charge in [-0.3, -0.25) is 0 Å². The van der Waals surface area contributed by atoms with Crippen molar-refractivity contribution in [2.45, 2.75) is 6.17 Å². The minimum absolute atomic E-state index is 0.481. The first-order chi connectivity index (χ1) is 25.8. The topological polar surface area (TPSA) is 54.8 Å². The van der Waals surface area contributed by atoms with Crippen LogP contribution in [0.5, 0.6) is 0 Å². The molecular formula is C47H30N4O. The Morgan fingerprint density at radius 3 is 1.62 bits per heavy atom. The van der Waals surface area contributed by atoms with Crippen molar-refractivity contribution < 1.29 is 4.42 Å². The molecule has 0 amide bonds. The molecule has 244 valence electrons. The fourth-order valence-corrected chi connectivity index (χ4v) is 8.13. The van der Waals surface area contributed by atoms with E-state index in [2.05, 4.69) is 143 Å². The summed E-state index contributed by atoms with van der Waals surface area (Å²) in [5.74, 6) is 1.57. The number of para-hydroxylation sites is 1. The van der Waals surface area contributed by atoms with E-state index in [4.69, 9.17) is 14.4 Å². The number of benzene rings is 8. The molecule has 1 N–H and O–H groups in total. The highest BCUT2D eigenvalue weighted by Gasteiger charge is 2.26. The van der Waals surface area contributed by atoms with Gasteiger partial charge in [0.15, 0.2) is 11.7 Å². The highest BCUT2D eigenvalue weighted by molar-refractivity contribution is 6.29. The summed E-state index contributed by atoms with van der Waals surface area (Å²) >= 11 is 0. The van der Waals surface area contributed by atoms with E-state index in [1.54, 1.807) is 0 Å². The molecule has 8 aromatic carbocycles. The van der Waals surface area contributed by atoms with E-state index < -0.39 is 6.17 Å². The fourth-order valence-electron chi connectivity index (χ4n) is 8.13. The lowest BCUT2D eigenvalue weighted by atomic mass is 10.00. The Hall–Kier alpha value is -6.98. The van der Waals surface area contributed by atoms with E-state index >= 15 is 0 Å². The molecule has 3 heterocycles. The second-order valence-electron chi connectivity index (χ2n) is 13.4. The summed E-state index contributed by atoms with van der Waals surface area (Å²) in [5, 5.41) is 13.0. The maximum absolute atomic E-state index is 6.90. The number of nitrogens with one attached hydrogen (secondary N) is 1. The molecule has 0 saturated heterocycles. The summed E-state index contributed by atoms with van der Waals surface area (Å²) < 4.78 is 9.29. The van der Waals surface area contributed by atoms with Crippen molar-refractivity contribution in [2.24, 2.45) is 9.98 Å². The quantitative estimate of drug-likeness (QED) is 0.203. The number of furan rings is 1. The maximum atomic E-state index is 6.90. The Kier molecular flexibility index (Phi) is 6.25. The van der Waals surface area contributed by atoms with Gasteiger partial charge in [-0.1, -0.05) is 146 Å². The van der Waals surface area contributed by atoms with Gasteiger partial charge < -0.3 is 14.3 Å². The number of amidine groups is 2. The van der Waals surface area contributed by atoms with Gasteiger partial charge in [-0.25, -0.2) is 9.98 Å². The molecule has 0 saturated carbocycles. The van der Waals surface area contributed by atoms with Crippen LogP contribution in [0.25, 0.3) is 71.0 Å². The standard InChI is InChI=1S/C47H30N4O/c1-3-15-31(16-4-1)45-48-46(32-17-5-2-6-18-32)50-47(49-45)36-22-12-24-40-41(36)35-21-11-23-39(44(35)52-40)51-37-27-25-29-13-7-9-19-33(29)42(37)43-34-20-10-8-14-30(34)26-28-38(43)51/h1-28,47H,(H,48,49,50). The van der Waals surface area contributed by atoms with Gasteiger partial charge in [0.1, 0.15) is 17.3 Å². The van der Waals surface area contributed by atoms with Crippen LogP contribution in [0.1, 0.15) is 22.9 Å². The van der Waals surface area contributed by atoms with Gasteiger partial charge in [0, 0.05) is 38.2 Å². The van der Waals surface area contributed by atoms with Crippen molar-refractivity contribution >= 4 is 77.0 Å². The summed E-state index contributed by atoms with van der Waals surface area (Å²) in [6.45, 7) is 0. The van der Waals surface area contributed by atoms with E-state index in [0.717, 1.165) is 67.0 Å². The Labute approximate surface area is 298 Å². The van der Waals surface area contributed by atoms with Crippen LogP contribution < -0.4 is 5.32 Å². The van der Waals surface area contributed by atoms with Crippen molar-refractivity contribution in [2.75, 3.05) is 0 Å². The Balaban J connectivity index is 1.18. The molecule has 5 heteroatoms. The summed E-state index contributed by atoms with van der Waals surface area (Å²) in [7, 11) is 0. The second-order valence-corrected chi connectivity index (χ2v) is 13.4. The lowest BCUT2D eigenvalue weighted by molar-refractivity contribution is 0.665. The second kappa shape index (κ2) is 11.3. The average Bonchev–Trinajstić information content (AvgIpc) is 3.78. The molecule has 2 aromatic heterocycles. The zero-order chi connectivity index (χ0) is 34.2. The van der Waals surface area contributed by atoms with Crippen LogP contribution in [0.15, 0.2) is 184 Å². The zero-order valence-electron chi connectivity index (χ0n) is 28.0. The minimum Gasteiger partial charge on any atom is -0.454 e. The van der Waals surface area contributed by atoms with Crippen LogP contribution in [-0.4, -0.2) is 16.2 Å². The summed E-state index contributed by atoms with van der Waals surface area (Å²) in [4.78, 5) is 10.4. The average molecular weight is 667 g/mol. The molecule has 0 fully saturated rings. The zero-order valence-corrected chi connectivity index (χ0v) is 28.0. The first-order valence-corrected chi connectivity index (χ1v) is 17.6. The molecule has 0 spiro atoms. The van der Waals surface area contributed by atoms with E-state index in [0.29, 0.717) is 0 Å². The van der Waals surface area contributed by atoms with Gasteiger partial charge in [-0.2, -0.15) is 0 Å². The van der Waals surface area contributed by atoms with Crippen molar-refractivity contribution in [1.82, 2.24) is 9.88 Å². The summed E-state index contributed by atoms with van der Waals surface area (Å²) in [6, 6.07) is 59.6. The van der Waals surface area contributed by atoms with E-state index in [1.165, 1.54) is 32.3 Å². The predicted molar refractivity (Wildman–Crippen MR) is 215 cm³/mol. The molecule has 52 heavy (non-hydrogen) atoms. The number of aromatic nitrogens is 1. The molecule has 1 aliphatic heterocycles. The number of nitrogens with zero attached hydrogens (tertiary/aromatic N) is 3. The van der Waals surface area contributed by atoms with E-state index in [-0.39, 0.29) is 0 Å². The number of fused-ring (bicyclic) bond motifs is 10. The number of rotatable bonds is 4. The molecule has 0 atom stereocenters. The lowest BCUT2D eigenvalue weighted by Gasteiger charge is -2.22. The van der Waals surface area contributed by atoms with Crippen molar-refractivity contribution in [3.63, 3.8) is 0 Å². The monoisotopic (exact) mass is 666 g/mol. The largest absolute Gasteiger partial charge is 0.454 e. The molecule has 1 aliphatic rings. The van der Waals surface area contributed by atoms with Gasteiger partial charge >= 0.3 is 0 Å². The van der Waals surface area contributed by atoms with E-state index in [1.807, 2.05) is 36.4 Å². The Bertz CT molecular complexity index is 2950. The van der Waals surface area contributed by atoms with Crippen LogP contribution in [0.2, 0.25) is 0 Å². The number of hydrogen-bond acceptors (Lipinski definition) is 4. The third kappa shape index (κ3) is 4.29. The van der Waals surface area contributed by atoms with Gasteiger partial charge in [-0.15, -0.1) is 0 Å². The Morgan fingerprint density at radius 1 is 0.462 bits per heavy atom. The molecular weight excluding hydrogens is 637 g/mol.